The number of likely N-dealkylation sites (N-methyl/N-ethyl adjacent to an activating group) is 1. The highest BCUT2D eigenvalue weighted by Gasteiger charge is 2.24. The molecule has 0 bridgehead atoms. The molecule has 5 nitrogen and oxygen atoms in total. The van der Waals surface area contributed by atoms with Gasteiger partial charge in [0.15, 0.2) is 0 Å². The second-order valence-electron chi connectivity index (χ2n) is 6.04. The molecule has 1 unspecified atom stereocenters. The first kappa shape index (κ1) is 20.1. The van der Waals surface area contributed by atoms with E-state index >= 15 is 0 Å². The predicted molar refractivity (Wildman–Crippen MR) is 97.0 cm³/mol. The maximum atomic E-state index is 13.0. The van der Waals surface area contributed by atoms with Crippen LogP contribution < -0.4 is 4.74 Å². The Labute approximate surface area is 153 Å². The molecule has 0 radical (unpaired) electrons. The lowest BCUT2D eigenvalue weighted by Gasteiger charge is -2.18. The van der Waals surface area contributed by atoms with Gasteiger partial charge in [-0.1, -0.05) is 32.0 Å². The zero-order chi connectivity index (χ0) is 19.3. The van der Waals surface area contributed by atoms with Gasteiger partial charge in [-0.05, 0) is 48.2 Å². The Morgan fingerprint density at radius 2 is 1.77 bits per heavy atom. The van der Waals surface area contributed by atoms with E-state index in [9.17, 15) is 17.6 Å². The maximum Gasteiger partial charge on any atom is 0.326 e. The quantitative estimate of drug-likeness (QED) is 0.545. The highest BCUT2D eigenvalue weighted by atomic mass is 32.2. The van der Waals surface area contributed by atoms with E-state index in [1.807, 2.05) is 26.0 Å². The second kappa shape index (κ2) is 8.42. The van der Waals surface area contributed by atoms with E-state index in [1.165, 1.54) is 7.05 Å². The van der Waals surface area contributed by atoms with Crippen molar-refractivity contribution in [2.45, 2.75) is 31.1 Å². The normalized spacial score (nSPS) is 12.8. The monoisotopic (exact) mass is 379 g/mol. The molecule has 0 fully saturated rings. The molecule has 2 aromatic carbocycles. The Morgan fingerprint density at radius 3 is 2.38 bits per heavy atom. The van der Waals surface area contributed by atoms with Gasteiger partial charge in [-0.15, -0.1) is 0 Å². The first-order valence-corrected chi connectivity index (χ1v) is 9.71. The average molecular weight is 379 g/mol. The summed E-state index contributed by atoms with van der Waals surface area (Å²) in [7, 11) is -2.63. The lowest BCUT2D eigenvalue weighted by molar-refractivity contribution is -0.134. The van der Waals surface area contributed by atoms with Gasteiger partial charge in [0.25, 0.3) is 0 Å². The molecular formula is C19H22FNO4S. The molecule has 2 rings (SSSR count). The number of rotatable bonds is 7. The van der Waals surface area contributed by atoms with Crippen molar-refractivity contribution in [1.82, 2.24) is 4.31 Å². The molecule has 0 saturated carbocycles. The summed E-state index contributed by atoms with van der Waals surface area (Å²) in [5, 5.41) is 0. The van der Waals surface area contributed by atoms with Crippen LogP contribution in [-0.2, 0) is 14.8 Å². The highest BCUT2D eigenvalue weighted by molar-refractivity contribution is 7.89. The van der Waals surface area contributed by atoms with Gasteiger partial charge in [-0.2, -0.15) is 4.31 Å². The number of para-hydroxylation sites is 1. The van der Waals surface area contributed by atoms with Crippen LogP contribution in [0.5, 0.6) is 5.75 Å². The van der Waals surface area contributed by atoms with Crippen LogP contribution in [0.4, 0.5) is 4.39 Å². The number of carbonyl (C=O) groups excluding carboxylic acids is 1. The van der Waals surface area contributed by atoms with Crippen molar-refractivity contribution in [2.75, 3.05) is 13.6 Å². The van der Waals surface area contributed by atoms with Gasteiger partial charge in [0, 0.05) is 7.05 Å². The fourth-order valence-electron chi connectivity index (χ4n) is 2.41. The Balaban J connectivity index is 2.11. The first-order chi connectivity index (χ1) is 12.3. The van der Waals surface area contributed by atoms with Gasteiger partial charge in [0.05, 0.1) is 4.90 Å². The molecule has 0 aliphatic heterocycles. The van der Waals surface area contributed by atoms with Crippen molar-refractivity contribution in [3.63, 3.8) is 0 Å². The number of sulfonamides is 1. The van der Waals surface area contributed by atoms with E-state index in [4.69, 9.17) is 4.74 Å². The smallest absolute Gasteiger partial charge is 0.326 e. The fraction of sp³-hybridized carbons (Fsp3) is 0.316. The minimum atomic E-state index is -3.91. The number of halogens is 1. The van der Waals surface area contributed by atoms with Gasteiger partial charge in [0.1, 0.15) is 18.1 Å². The Hall–Kier alpha value is -2.25. The molecule has 0 aliphatic rings. The van der Waals surface area contributed by atoms with Crippen LogP contribution in [0.1, 0.15) is 31.7 Å². The number of hydrogen-bond acceptors (Lipinski definition) is 4. The fourth-order valence-corrected chi connectivity index (χ4v) is 3.52. The Bertz CT molecular complexity index is 865. The Morgan fingerprint density at radius 1 is 1.15 bits per heavy atom. The van der Waals surface area contributed by atoms with Gasteiger partial charge in [0.2, 0.25) is 10.0 Å². The van der Waals surface area contributed by atoms with Crippen LogP contribution in [-0.4, -0.2) is 32.3 Å². The van der Waals surface area contributed by atoms with Crippen molar-refractivity contribution in [1.29, 1.82) is 0 Å². The summed E-state index contributed by atoms with van der Waals surface area (Å²) in [6, 6.07) is 11.6. The summed E-state index contributed by atoms with van der Waals surface area (Å²) < 4.78 is 44.1. The number of ether oxygens (including phenoxy) is 1. The standard InChI is InChI=1S/C19H22FNO4S/c1-4-14(2)17-7-5-6-8-18(17)25-19(22)13-21(3)26(23,24)16-11-9-15(20)10-12-16/h5-12,14H,4,13H2,1-3H3. The van der Waals surface area contributed by atoms with Crippen molar-refractivity contribution in [3.8, 4) is 5.75 Å². The largest absolute Gasteiger partial charge is 0.425 e. The number of benzene rings is 2. The maximum absolute atomic E-state index is 13.0. The molecule has 2 aromatic rings. The third-order valence-corrected chi connectivity index (χ3v) is 5.98. The lowest BCUT2D eigenvalue weighted by atomic mass is 9.98. The zero-order valence-electron chi connectivity index (χ0n) is 15.0. The van der Waals surface area contributed by atoms with Crippen LogP contribution in [0.25, 0.3) is 0 Å². The zero-order valence-corrected chi connectivity index (χ0v) is 15.8. The minimum Gasteiger partial charge on any atom is -0.425 e. The molecule has 0 saturated heterocycles. The van der Waals surface area contributed by atoms with Gasteiger partial charge < -0.3 is 4.74 Å². The van der Waals surface area contributed by atoms with Crippen molar-refractivity contribution < 1.29 is 22.3 Å². The number of esters is 1. The molecular weight excluding hydrogens is 357 g/mol. The van der Waals surface area contributed by atoms with E-state index in [0.29, 0.717) is 5.75 Å². The topological polar surface area (TPSA) is 63.7 Å². The molecule has 0 aromatic heterocycles. The molecule has 1 atom stereocenters. The SMILES string of the molecule is CCC(C)c1ccccc1OC(=O)CN(C)S(=O)(=O)c1ccc(F)cc1. The predicted octanol–water partition coefficient (Wildman–Crippen LogP) is 3.57. The van der Waals surface area contributed by atoms with Crippen LogP contribution in [0, 0.1) is 5.82 Å². The molecule has 7 heteroatoms. The van der Waals surface area contributed by atoms with E-state index in [2.05, 4.69) is 0 Å². The molecule has 0 N–H and O–H groups in total. The summed E-state index contributed by atoms with van der Waals surface area (Å²) in [6.07, 6.45) is 0.882. The summed E-state index contributed by atoms with van der Waals surface area (Å²) in [4.78, 5) is 12.1. The molecule has 0 spiro atoms. The highest BCUT2D eigenvalue weighted by Crippen LogP contribution is 2.28. The summed E-state index contributed by atoms with van der Waals surface area (Å²) in [5.41, 5.74) is 0.896. The van der Waals surface area contributed by atoms with Crippen molar-refractivity contribution >= 4 is 16.0 Å². The van der Waals surface area contributed by atoms with Crippen molar-refractivity contribution in [3.05, 3.63) is 59.9 Å². The summed E-state index contributed by atoms with van der Waals surface area (Å²) in [6.45, 7) is 3.61. The molecule has 0 heterocycles. The lowest BCUT2D eigenvalue weighted by Crippen LogP contribution is -2.34. The molecule has 140 valence electrons. The third-order valence-electron chi connectivity index (χ3n) is 4.16. The molecule has 0 amide bonds. The number of carbonyl (C=O) groups is 1. The van der Waals surface area contributed by atoms with Crippen LogP contribution in [0.2, 0.25) is 0 Å². The van der Waals surface area contributed by atoms with E-state index in [1.54, 1.807) is 12.1 Å². The molecule has 26 heavy (non-hydrogen) atoms. The average Bonchev–Trinajstić information content (AvgIpc) is 2.61. The van der Waals surface area contributed by atoms with Crippen molar-refractivity contribution in [2.24, 2.45) is 0 Å². The van der Waals surface area contributed by atoms with E-state index < -0.39 is 28.4 Å². The van der Waals surface area contributed by atoms with Crippen LogP contribution in [0.15, 0.2) is 53.4 Å². The third kappa shape index (κ3) is 4.68. The van der Waals surface area contributed by atoms with E-state index in [0.717, 1.165) is 40.6 Å². The van der Waals surface area contributed by atoms with Gasteiger partial charge in [-0.3, -0.25) is 4.79 Å². The Kier molecular flexibility index (Phi) is 6.50. The first-order valence-electron chi connectivity index (χ1n) is 8.27. The summed E-state index contributed by atoms with van der Waals surface area (Å²) >= 11 is 0. The van der Waals surface area contributed by atoms with Gasteiger partial charge in [-0.25, -0.2) is 12.8 Å². The van der Waals surface area contributed by atoms with Crippen LogP contribution >= 0.6 is 0 Å². The number of nitrogens with zero attached hydrogens (tertiary/aromatic N) is 1. The second-order valence-corrected chi connectivity index (χ2v) is 8.08. The minimum absolute atomic E-state index is 0.0887. The van der Waals surface area contributed by atoms with E-state index in [-0.39, 0.29) is 10.8 Å². The van der Waals surface area contributed by atoms with Gasteiger partial charge >= 0.3 is 5.97 Å². The van der Waals surface area contributed by atoms with Crippen LogP contribution in [0.3, 0.4) is 0 Å². The summed E-state index contributed by atoms with van der Waals surface area (Å²) in [5.74, 6) is -0.583. The molecule has 0 aliphatic carbocycles. The number of hydrogen-bond donors (Lipinski definition) is 0.